The van der Waals surface area contributed by atoms with Crippen LogP contribution in [0.3, 0.4) is 0 Å². The fraction of sp³-hybridized carbons (Fsp3) is 0.400. The van der Waals surface area contributed by atoms with Crippen LogP contribution < -0.4 is 0 Å². The molecule has 24 heavy (non-hydrogen) atoms. The van der Waals surface area contributed by atoms with E-state index in [1.165, 1.54) is 24.3 Å². The summed E-state index contributed by atoms with van der Waals surface area (Å²) < 4.78 is 24.8. The van der Waals surface area contributed by atoms with Crippen LogP contribution in [0.1, 0.15) is 47.1 Å². The third-order valence-corrected chi connectivity index (χ3v) is 4.96. The van der Waals surface area contributed by atoms with Gasteiger partial charge in [0.1, 0.15) is 5.75 Å². The Hall–Kier alpha value is -1.81. The molecule has 0 aliphatic heterocycles. The van der Waals surface area contributed by atoms with Gasteiger partial charge in [0.05, 0.1) is 9.79 Å². The van der Waals surface area contributed by atoms with Crippen LogP contribution in [0.5, 0.6) is 5.75 Å². The smallest absolute Gasteiger partial charge is 0.206 e. The number of rotatable bonds is 2. The quantitative estimate of drug-likeness (QED) is 0.813. The van der Waals surface area contributed by atoms with Gasteiger partial charge in [-0.1, -0.05) is 53.7 Å². The lowest BCUT2D eigenvalue weighted by Crippen LogP contribution is -2.11. The van der Waals surface area contributed by atoms with Gasteiger partial charge in [-0.2, -0.15) is 0 Å². The molecule has 2 rings (SSSR count). The van der Waals surface area contributed by atoms with Gasteiger partial charge in [0.25, 0.3) is 0 Å². The topological polar surface area (TPSA) is 54.4 Å². The Morgan fingerprint density at radius 2 is 1.12 bits per heavy atom. The second-order valence-corrected chi connectivity index (χ2v) is 9.45. The number of sulfone groups is 1. The molecule has 0 heterocycles. The van der Waals surface area contributed by atoms with E-state index in [2.05, 4.69) is 41.5 Å². The highest BCUT2D eigenvalue weighted by atomic mass is 32.2. The van der Waals surface area contributed by atoms with Crippen LogP contribution in [0.4, 0.5) is 0 Å². The highest BCUT2D eigenvalue weighted by molar-refractivity contribution is 7.91. The van der Waals surface area contributed by atoms with Crippen molar-refractivity contribution in [2.45, 2.75) is 56.7 Å². The lowest BCUT2D eigenvalue weighted by atomic mass is 9.87. The third-order valence-electron chi connectivity index (χ3n) is 3.18. The van der Waals surface area contributed by atoms with Gasteiger partial charge in [-0.25, -0.2) is 8.42 Å². The lowest BCUT2D eigenvalue weighted by molar-refractivity contribution is 0.475. The lowest BCUT2D eigenvalue weighted by Gasteiger charge is -2.19. The molecule has 0 spiro atoms. The zero-order valence-electron chi connectivity index (χ0n) is 15.4. The molecule has 4 heteroatoms. The van der Waals surface area contributed by atoms with Crippen molar-refractivity contribution in [1.82, 2.24) is 0 Å². The molecule has 0 unspecified atom stereocenters. The summed E-state index contributed by atoms with van der Waals surface area (Å²) in [4.78, 5) is 0.440. The van der Waals surface area contributed by atoms with E-state index in [0.29, 0.717) is 0 Å². The van der Waals surface area contributed by atoms with Gasteiger partial charge in [-0.05, 0) is 53.3 Å². The van der Waals surface area contributed by atoms with E-state index in [-0.39, 0.29) is 21.0 Å². The van der Waals surface area contributed by atoms with E-state index in [9.17, 15) is 13.5 Å². The predicted molar refractivity (Wildman–Crippen MR) is 99.2 cm³/mol. The van der Waals surface area contributed by atoms with E-state index in [4.69, 9.17) is 0 Å². The molecule has 0 atom stereocenters. The number of hydrogen-bond donors (Lipinski definition) is 1. The molecule has 0 amide bonds. The molecule has 0 saturated heterocycles. The molecule has 0 radical (unpaired) electrons. The highest BCUT2D eigenvalue weighted by Crippen LogP contribution is 2.26. The normalized spacial score (nSPS) is 11.8. The third kappa shape index (κ3) is 5.68. The summed E-state index contributed by atoms with van der Waals surface area (Å²) in [5.41, 5.74) is 1.07. The summed E-state index contributed by atoms with van der Waals surface area (Å²) in [7, 11) is -3.53. The number of hydrogen-bond acceptors (Lipinski definition) is 3. The highest BCUT2D eigenvalue weighted by Gasteiger charge is 2.19. The standard InChI is InChI=1S/C16H18O3S.C4H10/c1-16(2,3)12-4-8-14(9-5-12)20(18,19)15-10-6-13(17)7-11-15;1-4(2)3/h4-11,17H,1-3H3;4H,1-3H3. The average molecular weight is 349 g/mol. The monoisotopic (exact) mass is 348 g/mol. The zero-order valence-corrected chi connectivity index (χ0v) is 16.2. The van der Waals surface area contributed by atoms with Crippen molar-refractivity contribution < 1.29 is 13.5 Å². The Labute approximate surface area is 146 Å². The molecule has 0 saturated carbocycles. The first-order chi connectivity index (χ1) is 10.9. The van der Waals surface area contributed by atoms with Gasteiger partial charge in [-0.3, -0.25) is 0 Å². The maximum Gasteiger partial charge on any atom is 0.206 e. The van der Waals surface area contributed by atoms with E-state index in [1.807, 2.05) is 12.1 Å². The van der Waals surface area contributed by atoms with Gasteiger partial charge in [0.15, 0.2) is 0 Å². The Balaban J connectivity index is 0.000000648. The molecular formula is C20H28O3S. The van der Waals surface area contributed by atoms with Crippen molar-refractivity contribution in [3.63, 3.8) is 0 Å². The van der Waals surface area contributed by atoms with Crippen molar-refractivity contribution in [3.05, 3.63) is 54.1 Å². The maximum absolute atomic E-state index is 12.4. The number of phenols is 1. The summed E-state index contributed by atoms with van der Waals surface area (Å²) in [5.74, 6) is 0.882. The predicted octanol–water partition coefficient (Wildman–Crippen LogP) is 5.18. The number of phenolic OH excluding ortho intramolecular Hbond substituents is 1. The van der Waals surface area contributed by atoms with Crippen LogP contribution in [0.25, 0.3) is 0 Å². The van der Waals surface area contributed by atoms with Crippen molar-refractivity contribution in [2.24, 2.45) is 5.92 Å². The molecule has 2 aromatic carbocycles. The van der Waals surface area contributed by atoms with E-state index < -0.39 is 9.84 Å². The molecule has 0 fully saturated rings. The molecule has 132 valence electrons. The van der Waals surface area contributed by atoms with Gasteiger partial charge >= 0.3 is 0 Å². The zero-order chi connectivity index (χ0) is 18.5. The Kier molecular flexibility index (Phi) is 6.61. The SMILES string of the molecule is CC(C)(C)c1ccc(S(=O)(=O)c2ccc(O)cc2)cc1.CC(C)C. The Morgan fingerprint density at radius 3 is 1.46 bits per heavy atom. The van der Waals surface area contributed by atoms with Crippen LogP contribution in [0.15, 0.2) is 58.3 Å². The second kappa shape index (κ2) is 7.84. The summed E-state index contributed by atoms with van der Waals surface area (Å²) >= 11 is 0. The first kappa shape index (κ1) is 20.2. The van der Waals surface area contributed by atoms with Crippen molar-refractivity contribution >= 4 is 9.84 Å². The minimum atomic E-state index is -3.53. The van der Waals surface area contributed by atoms with Crippen molar-refractivity contribution in [2.75, 3.05) is 0 Å². The summed E-state index contributed by atoms with van der Waals surface area (Å²) in [6.07, 6.45) is 0. The molecule has 3 nitrogen and oxygen atoms in total. The molecular weight excluding hydrogens is 320 g/mol. The van der Waals surface area contributed by atoms with E-state index in [1.54, 1.807) is 12.1 Å². The molecule has 0 aliphatic carbocycles. The molecule has 1 N–H and O–H groups in total. The fourth-order valence-electron chi connectivity index (χ4n) is 1.90. The van der Waals surface area contributed by atoms with Gasteiger partial charge in [0, 0.05) is 0 Å². The Morgan fingerprint density at radius 1 is 0.792 bits per heavy atom. The number of aromatic hydroxyl groups is 1. The summed E-state index contributed by atoms with van der Waals surface area (Å²) in [6, 6.07) is 12.5. The minimum absolute atomic E-state index is 0.0131. The fourth-order valence-corrected chi connectivity index (χ4v) is 3.16. The first-order valence-corrected chi connectivity index (χ1v) is 9.57. The van der Waals surface area contributed by atoms with Crippen LogP contribution >= 0.6 is 0 Å². The minimum Gasteiger partial charge on any atom is -0.508 e. The van der Waals surface area contributed by atoms with E-state index in [0.717, 1.165) is 11.5 Å². The largest absolute Gasteiger partial charge is 0.508 e. The molecule has 2 aromatic rings. The van der Waals surface area contributed by atoms with Crippen LogP contribution in [0.2, 0.25) is 0 Å². The first-order valence-electron chi connectivity index (χ1n) is 8.09. The van der Waals surface area contributed by atoms with Crippen molar-refractivity contribution in [3.8, 4) is 5.75 Å². The molecule has 0 aromatic heterocycles. The summed E-state index contributed by atoms with van der Waals surface area (Å²) in [5, 5.41) is 9.22. The van der Waals surface area contributed by atoms with Crippen LogP contribution in [0, 0.1) is 5.92 Å². The van der Waals surface area contributed by atoms with Crippen LogP contribution in [-0.2, 0) is 15.3 Å². The summed E-state index contributed by atoms with van der Waals surface area (Å²) in [6.45, 7) is 12.7. The van der Waals surface area contributed by atoms with Gasteiger partial charge < -0.3 is 5.11 Å². The number of benzene rings is 2. The van der Waals surface area contributed by atoms with Crippen molar-refractivity contribution in [1.29, 1.82) is 0 Å². The Bertz CT molecular complexity index is 732. The second-order valence-electron chi connectivity index (χ2n) is 7.50. The molecule has 0 aliphatic rings. The molecule has 0 bridgehead atoms. The van der Waals surface area contributed by atoms with Gasteiger partial charge in [-0.15, -0.1) is 0 Å². The maximum atomic E-state index is 12.4. The van der Waals surface area contributed by atoms with E-state index >= 15 is 0 Å². The van der Waals surface area contributed by atoms with Gasteiger partial charge in [0.2, 0.25) is 9.84 Å². The van der Waals surface area contributed by atoms with Crippen LogP contribution in [-0.4, -0.2) is 13.5 Å². The average Bonchev–Trinajstić information content (AvgIpc) is 2.46.